The van der Waals surface area contributed by atoms with Crippen LogP contribution in [-0.4, -0.2) is 17.9 Å². The van der Waals surface area contributed by atoms with Crippen LogP contribution in [0, 0.1) is 0 Å². The maximum absolute atomic E-state index is 12.3. The highest BCUT2D eigenvalue weighted by Crippen LogP contribution is 2.19. The summed E-state index contributed by atoms with van der Waals surface area (Å²) in [5, 5.41) is 0. The summed E-state index contributed by atoms with van der Waals surface area (Å²) in [7, 11) is 1.78. The summed E-state index contributed by atoms with van der Waals surface area (Å²) in [5.41, 5.74) is 8.01. The highest BCUT2D eigenvalue weighted by atomic mass is 79.9. The summed E-state index contributed by atoms with van der Waals surface area (Å²) in [6.45, 7) is 0.575. The van der Waals surface area contributed by atoms with Crippen LogP contribution >= 0.6 is 15.9 Å². The Kier molecular flexibility index (Phi) is 4.22. The quantitative estimate of drug-likeness (QED) is 0.882. The van der Waals surface area contributed by atoms with Crippen molar-refractivity contribution < 1.29 is 4.79 Å². The highest BCUT2D eigenvalue weighted by molar-refractivity contribution is 9.10. The Morgan fingerprint density at radius 1 is 1.21 bits per heavy atom. The summed E-state index contributed by atoms with van der Waals surface area (Å²) in [6, 6.07) is 15.1. The zero-order chi connectivity index (χ0) is 13.8. The molecule has 0 saturated heterocycles. The fraction of sp³-hybridized carbons (Fsp3) is 0.133. The molecule has 2 aromatic rings. The number of carbonyl (C=O) groups excluding carboxylic acids is 1. The van der Waals surface area contributed by atoms with Gasteiger partial charge in [0.05, 0.1) is 0 Å². The van der Waals surface area contributed by atoms with Crippen LogP contribution in [0.5, 0.6) is 0 Å². The van der Waals surface area contributed by atoms with E-state index in [4.69, 9.17) is 5.73 Å². The molecule has 98 valence electrons. The van der Waals surface area contributed by atoms with Crippen LogP contribution < -0.4 is 5.73 Å². The van der Waals surface area contributed by atoms with Crippen molar-refractivity contribution >= 4 is 27.5 Å². The molecule has 0 heterocycles. The van der Waals surface area contributed by atoms with Gasteiger partial charge in [-0.05, 0) is 23.8 Å². The Hall–Kier alpha value is -1.81. The predicted molar refractivity (Wildman–Crippen MR) is 80.8 cm³/mol. The summed E-state index contributed by atoms with van der Waals surface area (Å²) >= 11 is 3.35. The van der Waals surface area contributed by atoms with Crippen molar-refractivity contribution in [3.05, 3.63) is 64.1 Å². The predicted octanol–water partition coefficient (Wildman–Crippen LogP) is 3.30. The zero-order valence-electron chi connectivity index (χ0n) is 10.6. The lowest BCUT2D eigenvalue weighted by molar-refractivity contribution is 0.0785. The van der Waals surface area contributed by atoms with Crippen molar-refractivity contribution in [2.45, 2.75) is 6.54 Å². The van der Waals surface area contributed by atoms with Crippen molar-refractivity contribution in [1.29, 1.82) is 0 Å². The first-order valence-electron chi connectivity index (χ1n) is 5.92. The van der Waals surface area contributed by atoms with E-state index >= 15 is 0 Å². The van der Waals surface area contributed by atoms with Gasteiger partial charge in [0.25, 0.3) is 5.91 Å². The normalized spacial score (nSPS) is 10.2. The average molecular weight is 319 g/mol. The average Bonchev–Trinajstić information content (AvgIpc) is 2.37. The molecule has 3 nitrogen and oxygen atoms in total. The van der Waals surface area contributed by atoms with Gasteiger partial charge in [-0.3, -0.25) is 4.79 Å². The molecule has 0 fully saturated rings. The first-order chi connectivity index (χ1) is 9.06. The van der Waals surface area contributed by atoms with Gasteiger partial charge in [0, 0.05) is 29.3 Å². The number of halogens is 1. The topological polar surface area (TPSA) is 46.3 Å². The van der Waals surface area contributed by atoms with E-state index < -0.39 is 0 Å². The molecule has 0 bridgehead atoms. The molecular weight excluding hydrogens is 304 g/mol. The molecule has 0 saturated carbocycles. The third kappa shape index (κ3) is 3.58. The van der Waals surface area contributed by atoms with Crippen molar-refractivity contribution in [1.82, 2.24) is 4.90 Å². The van der Waals surface area contributed by atoms with Crippen LogP contribution in [0.2, 0.25) is 0 Å². The molecule has 0 aliphatic carbocycles. The molecule has 0 spiro atoms. The number of benzene rings is 2. The molecule has 2 aromatic carbocycles. The molecule has 0 aliphatic heterocycles. The zero-order valence-corrected chi connectivity index (χ0v) is 12.2. The van der Waals surface area contributed by atoms with Crippen LogP contribution in [0.15, 0.2) is 53.0 Å². The molecule has 2 rings (SSSR count). The monoisotopic (exact) mass is 318 g/mol. The minimum Gasteiger partial charge on any atom is -0.399 e. The second-order valence-electron chi connectivity index (χ2n) is 4.42. The van der Waals surface area contributed by atoms with Crippen LogP contribution in [0.25, 0.3) is 0 Å². The number of hydrogen-bond acceptors (Lipinski definition) is 2. The number of nitrogen functional groups attached to an aromatic ring is 1. The Labute approximate surface area is 121 Å². The fourth-order valence-corrected chi connectivity index (χ4v) is 2.40. The Morgan fingerprint density at radius 3 is 2.53 bits per heavy atom. The number of nitrogens with zero attached hydrogens (tertiary/aromatic N) is 1. The lowest BCUT2D eigenvalue weighted by atomic mass is 10.1. The molecule has 0 atom stereocenters. The smallest absolute Gasteiger partial charge is 0.254 e. The van der Waals surface area contributed by atoms with Gasteiger partial charge in [0.2, 0.25) is 0 Å². The first-order valence-corrected chi connectivity index (χ1v) is 6.71. The standard InChI is InChI=1S/C15H15BrN2O/c1-18(10-11-5-3-2-4-6-11)15(19)12-7-13(16)9-14(17)8-12/h2-9H,10,17H2,1H3. The Balaban J connectivity index is 2.15. The van der Waals surface area contributed by atoms with Gasteiger partial charge in [-0.15, -0.1) is 0 Å². The van der Waals surface area contributed by atoms with E-state index in [-0.39, 0.29) is 5.91 Å². The Morgan fingerprint density at radius 2 is 1.89 bits per heavy atom. The van der Waals surface area contributed by atoms with Gasteiger partial charge in [0.15, 0.2) is 0 Å². The highest BCUT2D eigenvalue weighted by Gasteiger charge is 2.13. The minimum atomic E-state index is -0.0446. The van der Waals surface area contributed by atoms with E-state index in [9.17, 15) is 4.79 Å². The molecule has 0 radical (unpaired) electrons. The lowest BCUT2D eigenvalue weighted by Crippen LogP contribution is -2.26. The maximum Gasteiger partial charge on any atom is 0.254 e. The van der Waals surface area contributed by atoms with Crippen molar-refractivity contribution in [3.8, 4) is 0 Å². The SMILES string of the molecule is CN(Cc1ccccc1)C(=O)c1cc(N)cc(Br)c1. The number of nitrogens with two attached hydrogens (primary N) is 1. The summed E-state index contributed by atoms with van der Waals surface area (Å²) in [5.74, 6) is -0.0446. The first kappa shape index (κ1) is 13.6. The third-order valence-electron chi connectivity index (χ3n) is 2.78. The van der Waals surface area contributed by atoms with Crippen LogP contribution in [0.3, 0.4) is 0 Å². The number of rotatable bonds is 3. The Bertz CT molecular complexity index is 564. The molecular formula is C15H15BrN2O. The molecule has 19 heavy (non-hydrogen) atoms. The van der Waals surface area contributed by atoms with Crippen molar-refractivity contribution in [2.24, 2.45) is 0 Å². The molecule has 0 aromatic heterocycles. The van der Waals surface area contributed by atoms with Crippen molar-refractivity contribution in [3.63, 3.8) is 0 Å². The molecule has 0 unspecified atom stereocenters. The second kappa shape index (κ2) is 5.89. The summed E-state index contributed by atoms with van der Waals surface area (Å²) < 4.78 is 0.809. The number of amides is 1. The van der Waals surface area contributed by atoms with Gasteiger partial charge in [-0.1, -0.05) is 46.3 Å². The van der Waals surface area contributed by atoms with E-state index in [0.29, 0.717) is 17.8 Å². The van der Waals surface area contributed by atoms with E-state index in [0.717, 1.165) is 10.0 Å². The largest absolute Gasteiger partial charge is 0.399 e. The van der Waals surface area contributed by atoms with Crippen LogP contribution in [0.1, 0.15) is 15.9 Å². The fourth-order valence-electron chi connectivity index (χ4n) is 1.89. The van der Waals surface area contributed by atoms with E-state index in [1.165, 1.54) is 0 Å². The summed E-state index contributed by atoms with van der Waals surface area (Å²) in [6.07, 6.45) is 0. The van der Waals surface area contributed by atoms with Gasteiger partial charge < -0.3 is 10.6 Å². The third-order valence-corrected chi connectivity index (χ3v) is 3.23. The van der Waals surface area contributed by atoms with Crippen LogP contribution in [0.4, 0.5) is 5.69 Å². The van der Waals surface area contributed by atoms with E-state index in [1.807, 2.05) is 30.3 Å². The molecule has 2 N–H and O–H groups in total. The molecule has 1 amide bonds. The lowest BCUT2D eigenvalue weighted by Gasteiger charge is -2.17. The van der Waals surface area contributed by atoms with Crippen molar-refractivity contribution in [2.75, 3.05) is 12.8 Å². The second-order valence-corrected chi connectivity index (χ2v) is 5.34. The van der Waals surface area contributed by atoms with E-state index in [2.05, 4.69) is 15.9 Å². The molecule has 4 heteroatoms. The van der Waals surface area contributed by atoms with Crippen LogP contribution in [-0.2, 0) is 6.54 Å². The molecule has 0 aliphatic rings. The number of carbonyl (C=O) groups is 1. The summed E-state index contributed by atoms with van der Waals surface area (Å²) in [4.78, 5) is 14.0. The number of hydrogen-bond donors (Lipinski definition) is 1. The minimum absolute atomic E-state index is 0.0446. The number of anilines is 1. The van der Waals surface area contributed by atoms with E-state index in [1.54, 1.807) is 30.1 Å². The van der Waals surface area contributed by atoms with Gasteiger partial charge in [0.1, 0.15) is 0 Å². The van der Waals surface area contributed by atoms with Gasteiger partial charge in [-0.25, -0.2) is 0 Å². The van der Waals surface area contributed by atoms with Gasteiger partial charge in [-0.2, -0.15) is 0 Å². The maximum atomic E-state index is 12.3. The van der Waals surface area contributed by atoms with Gasteiger partial charge >= 0.3 is 0 Å².